The highest BCUT2D eigenvalue weighted by Gasteiger charge is 2.17. The zero-order valence-corrected chi connectivity index (χ0v) is 16.7. The molecule has 5 nitrogen and oxygen atoms in total. The number of nitrogens with zero attached hydrogens (tertiary/aromatic N) is 1. The average molecular weight is 383 g/mol. The monoisotopic (exact) mass is 382 g/mol. The van der Waals surface area contributed by atoms with Crippen LogP contribution in [0.4, 0.5) is 0 Å². The number of benzene rings is 1. The van der Waals surface area contributed by atoms with E-state index in [1.807, 2.05) is 31.2 Å². The lowest BCUT2D eigenvalue weighted by atomic mass is 9.96. The quantitative estimate of drug-likeness (QED) is 0.740. The van der Waals surface area contributed by atoms with E-state index in [1.54, 1.807) is 18.5 Å². The number of aromatic nitrogens is 1. The second kappa shape index (κ2) is 10.7. The van der Waals surface area contributed by atoms with Gasteiger partial charge in [-0.25, -0.2) is 0 Å². The van der Waals surface area contributed by atoms with Crippen molar-refractivity contribution in [2.75, 3.05) is 6.61 Å². The molecule has 1 saturated carbocycles. The molecule has 0 radical (unpaired) electrons. The van der Waals surface area contributed by atoms with Gasteiger partial charge in [0, 0.05) is 24.0 Å². The van der Waals surface area contributed by atoms with Crippen LogP contribution >= 0.6 is 0 Å². The molecule has 1 heterocycles. The smallest absolute Gasteiger partial charge is 0.251 e. The van der Waals surface area contributed by atoms with Crippen LogP contribution < -0.4 is 14.8 Å². The van der Waals surface area contributed by atoms with Crippen LogP contribution in [0.3, 0.4) is 0 Å². The Morgan fingerprint density at radius 3 is 2.43 bits per heavy atom. The molecule has 1 aromatic carbocycles. The number of carbonyl (C=O) groups excluding carboxylic acids is 1. The number of nitrogens with one attached hydrogen (secondary N) is 1. The number of hydrogen-bond donors (Lipinski definition) is 1. The highest BCUT2D eigenvalue weighted by atomic mass is 16.5. The van der Waals surface area contributed by atoms with Gasteiger partial charge in [-0.05, 0) is 55.7 Å². The molecule has 150 valence electrons. The zero-order valence-electron chi connectivity index (χ0n) is 16.7. The zero-order chi connectivity index (χ0) is 19.6. The maximum absolute atomic E-state index is 12.7. The standard InChI is InChI=1S/C23H30N2O3/c1-2-27-22-16-19(23(26)25-20-8-6-4-3-5-7-9-20)10-11-21(22)28-17-18-12-14-24-15-13-18/h10-16,20H,2-9,17H2,1H3,(H,25,26). The maximum Gasteiger partial charge on any atom is 0.251 e. The lowest BCUT2D eigenvalue weighted by Crippen LogP contribution is -2.35. The fourth-order valence-corrected chi connectivity index (χ4v) is 3.55. The van der Waals surface area contributed by atoms with Gasteiger partial charge in [-0.3, -0.25) is 9.78 Å². The number of hydrogen-bond acceptors (Lipinski definition) is 4. The summed E-state index contributed by atoms with van der Waals surface area (Å²) in [6.07, 6.45) is 11.9. The topological polar surface area (TPSA) is 60.5 Å². The van der Waals surface area contributed by atoms with Crippen molar-refractivity contribution in [1.82, 2.24) is 10.3 Å². The Bertz CT molecular complexity index is 741. The van der Waals surface area contributed by atoms with Crippen molar-refractivity contribution >= 4 is 5.91 Å². The minimum Gasteiger partial charge on any atom is -0.490 e. The number of ether oxygens (including phenoxy) is 2. The molecule has 0 saturated heterocycles. The van der Waals surface area contributed by atoms with E-state index in [-0.39, 0.29) is 11.9 Å². The van der Waals surface area contributed by atoms with Crippen LogP contribution in [0.15, 0.2) is 42.7 Å². The van der Waals surface area contributed by atoms with Gasteiger partial charge in [0.1, 0.15) is 6.61 Å². The summed E-state index contributed by atoms with van der Waals surface area (Å²) in [5.41, 5.74) is 1.64. The summed E-state index contributed by atoms with van der Waals surface area (Å²) in [4.78, 5) is 16.8. The molecule has 2 aromatic rings. The number of carbonyl (C=O) groups is 1. The number of rotatable bonds is 7. The molecule has 0 unspecified atom stereocenters. The van der Waals surface area contributed by atoms with E-state index in [4.69, 9.17) is 9.47 Å². The molecule has 1 N–H and O–H groups in total. The predicted octanol–water partition coefficient (Wildman–Crippen LogP) is 4.90. The maximum atomic E-state index is 12.7. The fourth-order valence-electron chi connectivity index (χ4n) is 3.55. The first-order valence-electron chi connectivity index (χ1n) is 10.4. The molecule has 1 aliphatic rings. The van der Waals surface area contributed by atoms with Gasteiger partial charge in [0.25, 0.3) is 5.91 Å². The molecule has 1 aromatic heterocycles. The van der Waals surface area contributed by atoms with Crippen LogP contribution in [0.2, 0.25) is 0 Å². The number of amides is 1. The van der Waals surface area contributed by atoms with Crippen molar-refractivity contribution < 1.29 is 14.3 Å². The molecule has 1 amide bonds. The molecule has 0 spiro atoms. The molecule has 5 heteroatoms. The van der Waals surface area contributed by atoms with Crippen LogP contribution in [-0.4, -0.2) is 23.5 Å². The van der Waals surface area contributed by atoms with Gasteiger partial charge >= 0.3 is 0 Å². The Balaban J connectivity index is 1.65. The third kappa shape index (κ3) is 5.98. The largest absolute Gasteiger partial charge is 0.490 e. The predicted molar refractivity (Wildman–Crippen MR) is 110 cm³/mol. The highest BCUT2D eigenvalue weighted by Crippen LogP contribution is 2.29. The van der Waals surface area contributed by atoms with Crippen molar-refractivity contribution in [3.8, 4) is 11.5 Å². The Kier molecular flexibility index (Phi) is 7.71. The van der Waals surface area contributed by atoms with Crippen molar-refractivity contribution in [2.24, 2.45) is 0 Å². The second-order valence-electron chi connectivity index (χ2n) is 7.25. The van der Waals surface area contributed by atoms with Crippen molar-refractivity contribution in [3.63, 3.8) is 0 Å². The lowest BCUT2D eigenvalue weighted by Gasteiger charge is -2.21. The van der Waals surface area contributed by atoms with Crippen LogP contribution in [0.5, 0.6) is 11.5 Å². The molecule has 28 heavy (non-hydrogen) atoms. The molecule has 0 aliphatic heterocycles. The van der Waals surface area contributed by atoms with Gasteiger partial charge in [-0.15, -0.1) is 0 Å². The van der Waals surface area contributed by atoms with Crippen LogP contribution in [-0.2, 0) is 6.61 Å². The summed E-state index contributed by atoms with van der Waals surface area (Å²) in [7, 11) is 0. The SMILES string of the molecule is CCOc1cc(C(=O)NC2CCCCCCC2)ccc1OCc1ccncc1. The van der Waals surface area contributed by atoms with Crippen molar-refractivity contribution in [2.45, 2.75) is 64.5 Å². The minimum absolute atomic E-state index is 0.0350. The summed E-state index contributed by atoms with van der Waals surface area (Å²) in [5, 5.41) is 3.21. The Labute approximate surface area is 167 Å². The Morgan fingerprint density at radius 1 is 1.00 bits per heavy atom. The third-order valence-electron chi connectivity index (χ3n) is 5.09. The van der Waals surface area contributed by atoms with Crippen LogP contribution in [0, 0.1) is 0 Å². The van der Waals surface area contributed by atoms with E-state index < -0.39 is 0 Å². The van der Waals surface area contributed by atoms with E-state index in [0.29, 0.717) is 30.3 Å². The van der Waals surface area contributed by atoms with Gasteiger partial charge < -0.3 is 14.8 Å². The lowest BCUT2D eigenvalue weighted by molar-refractivity contribution is 0.0930. The second-order valence-corrected chi connectivity index (χ2v) is 7.25. The van der Waals surface area contributed by atoms with Crippen LogP contribution in [0.1, 0.15) is 67.8 Å². The first-order chi connectivity index (χ1) is 13.8. The van der Waals surface area contributed by atoms with E-state index in [9.17, 15) is 4.79 Å². The van der Waals surface area contributed by atoms with Gasteiger partial charge in [-0.2, -0.15) is 0 Å². The van der Waals surface area contributed by atoms with Gasteiger partial charge in [-0.1, -0.05) is 32.1 Å². The van der Waals surface area contributed by atoms with E-state index in [2.05, 4.69) is 10.3 Å². The average Bonchev–Trinajstić information content (AvgIpc) is 2.70. The van der Waals surface area contributed by atoms with Gasteiger partial charge in [0.15, 0.2) is 11.5 Å². The molecular weight excluding hydrogens is 352 g/mol. The van der Waals surface area contributed by atoms with Crippen molar-refractivity contribution in [1.29, 1.82) is 0 Å². The Hall–Kier alpha value is -2.56. The van der Waals surface area contributed by atoms with Gasteiger partial charge in [0.2, 0.25) is 0 Å². The third-order valence-corrected chi connectivity index (χ3v) is 5.09. The summed E-state index contributed by atoms with van der Waals surface area (Å²) >= 11 is 0. The Morgan fingerprint density at radius 2 is 1.71 bits per heavy atom. The normalized spacial score (nSPS) is 15.3. The summed E-state index contributed by atoms with van der Waals surface area (Å²) in [6.45, 7) is 2.86. The molecule has 0 bridgehead atoms. The van der Waals surface area contributed by atoms with Gasteiger partial charge in [0.05, 0.1) is 6.61 Å². The number of pyridine rings is 1. The fraction of sp³-hybridized carbons (Fsp3) is 0.478. The molecule has 3 rings (SSSR count). The summed E-state index contributed by atoms with van der Waals surface area (Å²) in [6, 6.07) is 9.51. The molecule has 0 atom stereocenters. The molecule has 1 fully saturated rings. The first kappa shape index (κ1) is 20.2. The van der Waals surface area contributed by atoms with E-state index in [0.717, 1.165) is 18.4 Å². The summed E-state index contributed by atoms with van der Waals surface area (Å²) in [5.74, 6) is 1.20. The highest BCUT2D eigenvalue weighted by molar-refractivity contribution is 5.95. The minimum atomic E-state index is -0.0350. The van der Waals surface area contributed by atoms with E-state index >= 15 is 0 Å². The molecular formula is C23H30N2O3. The molecule has 1 aliphatic carbocycles. The first-order valence-corrected chi connectivity index (χ1v) is 10.4. The summed E-state index contributed by atoms with van der Waals surface area (Å²) < 4.78 is 11.6. The van der Waals surface area contributed by atoms with E-state index in [1.165, 1.54) is 32.1 Å². The van der Waals surface area contributed by atoms with Crippen molar-refractivity contribution in [3.05, 3.63) is 53.9 Å². The van der Waals surface area contributed by atoms with Crippen LogP contribution in [0.25, 0.3) is 0 Å².